The standard InChI is InChI=1S/C12H18N2OS/c1-2-10(13-5-1)12-14-8-11(16-12)9-3-6-15-7-4-9/h8-10,13H,1-7H2. The summed E-state index contributed by atoms with van der Waals surface area (Å²) in [6.45, 7) is 2.98. The second kappa shape index (κ2) is 4.82. The van der Waals surface area contributed by atoms with E-state index in [1.54, 1.807) is 0 Å². The predicted molar refractivity (Wildman–Crippen MR) is 64.9 cm³/mol. The van der Waals surface area contributed by atoms with Crippen molar-refractivity contribution in [1.29, 1.82) is 0 Å². The topological polar surface area (TPSA) is 34.2 Å². The SMILES string of the molecule is c1nc(C2CCCN2)sc1C1CCOCC1. The lowest BCUT2D eigenvalue weighted by Crippen LogP contribution is -2.13. The van der Waals surface area contributed by atoms with Crippen LogP contribution in [0, 0.1) is 0 Å². The van der Waals surface area contributed by atoms with Crippen molar-refractivity contribution in [2.75, 3.05) is 19.8 Å². The number of rotatable bonds is 2. The first kappa shape index (κ1) is 10.7. The quantitative estimate of drug-likeness (QED) is 0.859. The summed E-state index contributed by atoms with van der Waals surface area (Å²) in [6, 6.07) is 0.526. The molecule has 0 aliphatic carbocycles. The predicted octanol–water partition coefficient (Wildman–Crippen LogP) is 2.46. The van der Waals surface area contributed by atoms with E-state index >= 15 is 0 Å². The first-order valence-electron chi connectivity index (χ1n) is 6.20. The summed E-state index contributed by atoms with van der Waals surface area (Å²) in [6.07, 6.45) is 6.97. The van der Waals surface area contributed by atoms with E-state index in [0.29, 0.717) is 12.0 Å². The molecule has 0 radical (unpaired) electrons. The number of aromatic nitrogens is 1. The van der Waals surface area contributed by atoms with Gasteiger partial charge in [-0.25, -0.2) is 4.98 Å². The first-order chi connectivity index (χ1) is 7.93. The molecule has 0 saturated carbocycles. The second-order valence-corrected chi connectivity index (χ2v) is 5.73. The number of hydrogen-bond acceptors (Lipinski definition) is 4. The average molecular weight is 238 g/mol. The molecule has 4 heteroatoms. The Morgan fingerprint density at radius 3 is 2.94 bits per heavy atom. The molecule has 0 amide bonds. The van der Waals surface area contributed by atoms with Gasteiger partial charge in [0.15, 0.2) is 0 Å². The maximum absolute atomic E-state index is 5.40. The first-order valence-corrected chi connectivity index (χ1v) is 7.02. The molecule has 1 atom stereocenters. The van der Waals surface area contributed by atoms with Crippen LogP contribution in [0.2, 0.25) is 0 Å². The minimum absolute atomic E-state index is 0.526. The summed E-state index contributed by atoms with van der Waals surface area (Å²) in [7, 11) is 0. The van der Waals surface area contributed by atoms with Crippen LogP contribution in [-0.2, 0) is 4.74 Å². The number of thiazole rings is 1. The molecule has 0 spiro atoms. The van der Waals surface area contributed by atoms with E-state index in [0.717, 1.165) is 19.8 Å². The molecule has 3 rings (SSSR count). The average Bonchev–Trinajstić information content (AvgIpc) is 3.01. The number of nitrogens with zero attached hydrogens (tertiary/aromatic N) is 1. The molecule has 3 nitrogen and oxygen atoms in total. The Morgan fingerprint density at radius 2 is 2.19 bits per heavy atom. The Bertz CT molecular complexity index is 341. The zero-order valence-corrected chi connectivity index (χ0v) is 10.3. The molecule has 0 aromatic carbocycles. The Kier molecular flexibility index (Phi) is 3.22. The van der Waals surface area contributed by atoms with Gasteiger partial charge in [0, 0.05) is 24.3 Å². The smallest absolute Gasteiger partial charge is 0.110 e. The van der Waals surface area contributed by atoms with E-state index in [9.17, 15) is 0 Å². The van der Waals surface area contributed by atoms with Gasteiger partial charge in [0.05, 0.1) is 6.04 Å². The van der Waals surface area contributed by atoms with Gasteiger partial charge in [-0.3, -0.25) is 0 Å². The van der Waals surface area contributed by atoms with Gasteiger partial charge in [-0.1, -0.05) is 0 Å². The van der Waals surface area contributed by atoms with E-state index in [1.807, 2.05) is 11.3 Å². The summed E-state index contributed by atoms with van der Waals surface area (Å²) in [5.74, 6) is 0.696. The van der Waals surface area contributed by atoms with Gasteiger partial charge in [-0.2, -0.15) is 0 Å². The summed E-state index contributed by atoms with van der Waals surface area (Å²) in [4.78, 5) is 6.05. The number of hydrogen-bond donors (Lipinski definition) is 1. The summed E-state index contributed by atoms with van der Waals surface area (Å²) >= 11 is 1.91. The van der Waals surface area contributed by atoms with Gasteiger partial charge in [0.2, 0.25) is 0 Å². The van der Waals surface area contributed by atoms with Crippen LogP contribution in [0.5, 0.6) is 0 Å². The van der Waals surface area contributed by atoms with Gasteiger partial charge in [0.25, 0.3) is 0 Å². The van der Waals surface area contributed by atoms with Gasteiger partial charge in [-0.05, 0) is 38.1 Å². The van der Waals surface area contributed by atoms with Crippen LogP contribution < -0.4 is 5.32 Å². The highest BCUT2D eigenvalue weighted by Crippen LogP contribution is 2.34. The second-order valence-electron chi connectivity index (χ2n) is 4.64. The van der Waals surface area contributed by atoms with Crippen molar-refractivity contribution in [3.05, 3.63) is 16.1 Å². The molecule has 2 saturated heterocycles. The Labute approximate surface area is 100 Å². The summed E-state index contributed by atoms with van der Waals surface area (Å²) in [5.41, 5.74) is 0. The van der Waals surface area contributed by atoms with Crippen LogP contribution in [-0.4, -0.2) is 24.7 Å². The van der Waals surface area contributed by atoms with Crippen LogP contribution in [0.25, 0.3) is 0 Å². The molecule has 88 valence electrons. The van der Waals surface area contributed by atoms with Crippen LogP contribution in [0.3, 0.4) is 0 Å². The number of nitrogens with one attached hydrogen (secondary N) is 1. The van der Waals surface area contributed by atoms with Gasteiger partial charge >= 0.3 is 0 Å². The van der Waals surface area contributed by atoms with Crippen molar-refractivity contribution in [2.45, 2.75) is 37.6 Å². The van der Waals surface area contributed by atoms with Crippen molar-refractivity contribution in [1.82, 2.24) is 10.3 Å². The van der Waals surface area contributed by atoms with Crippen molar-refractivity contribution < 1.29 is 4.74 Å². The molecule has 2 aliphatic rings. The molecule has 2 aliphatic heterocycles. The van der Waals surface area contributed by atoms with Crippen molar-refractivity contribution in [2.24, 2.45) is 0 Å². The van der Waals surface area contributed by atoms with Crippen LogP contribution in [0.15, 0.2) is 6.20 Å². The highest BCUT2D eigenvalue weighted by molar-refractivity contribution is 7.11. The monoisotopic (exact) mass is 238 g/mol. The highest BCUT2D eigenvalue weighted by atomic mass is 32.1. The van der Waals surface area contributed by atoms with E-state index in [1.165, 1.54) is 35.6 Å². The van der Waals surface area contributed by atoms with Crippen LogP contribution in [0.1, 0.15) is 47.5 Å². The largest absolute Gasteiger partial charge is 0.381 e. The maximum atomic E-state index is 5.40. The number of ether oxygens (including phenoxy) is 1. The molecule has 0 bridgehead atoms. The Morgan fingerprint density at radius 1 is 1.31 bits per heavy atom. The van der Waals surface area contributed by atoms with E-state index < -0.39 is 0 Å². The molecular weight excluding hydrogens is 220 g/mol. The van der Waals surface area contributed by atoms with Gasteiger partial charge in [-0.15, -0.1) is 11.3 Å². The van der Waals surface area contributed by atoms with Crippen molar-refractivity contribution in [3.63, 3.8) is 0 Å². The fraction of sp³-hybridized carbons (Fsp3) is 0.750. The fourth-order valence-electron chi connectivity index (χ4n) is 2.53. The Hall–Kier alpha value is -0.450. The normalized spacial score (nSPS) is 27.4. The van der Waals surface area contributed by atoms with Crippen LogP contribution >= 0.6 is 11.3 Å². The van der Waals surface area contributed by atoms with Crippen molar-refractivity contribution in [3.8, 4) is 0 Å². The van der Waals surface area contributed by atoms with E-state index in [2.05, 4.69) is 16.5 Å². The molecule has 16 heavy (non-hydrogen) atoms. The third-order valence-corrected chi connectivity index (χ3v) is 4.80. The molecule has 1 aromatic heterocycles. The molecule has 1 N–H and O–H groups in total. The Balaban J connectivity index is 1.71. The van der Waals surface area contributed by atoms with Gasteiger partial charge < -0.3 is 10.1 Å². The molecule has 1 aromatic rings. The van der Waals surface area contributed by atoms with Crippen molar-refractivity contribution >= 4 is 11.3 Å². The third kappa shape index (κ3) is 2.14. The van der Waals surface area contributed by atoms with Gasteiger partial charge in [0.1, 0.15) is 5.01 Å². The highest BCUT2D eigenvalue weighted by Gasteiger charge is 2.23. The summed E-state index contributed by atoms with van der Waals surface area (Å²) in [5, 5.41) is 4.80. The molecule has 2 fully saturated rings. The minimum Gasteiger partial charge on any atom is -0.381 e. The zero-order valence-electron chi connectivity index (χ0n) is 9.45. The van der Waals surface area contributed by atoms with Crippen LogP contribution in [0.4, 0.5) is 0 Å². The van der Waals surface area contributed by atoms with E-state index in [-0.39, 0.29) is 0 Å². The third-order valence-electron chi connectivity index (χ3n) is 3.52. The summed E-state index contributed by atoms with van der Waals surface area (Å²) < 4.78 is 5.40. The fourth-order valence-corrected chi connectivity index (χ4v) is 3.73. The minimum atomic E-state index is 0.526. The lowest BCUT2D eigenvalue weighted by atomic mass is 9.99. The lowest BCUT2D eigenvalue weighted by Gasteiger charge is -2.20. The molecule has 1 unspecified atom stereocenters. The lowest BCUT2D eigenvalue weighted by molar-refractivity contribution is 0.0860. The maximum Gasteiger partial charge on any atom is 0.110 e. The molecular formula is C12H18N2OS. The zero-order chi connectivity index (χ0) is 10.8. The molecule has 3 heterocycles. The van der Waals surface area contributed by atoms with E-state index in [4.69, 9.17) is 4.74 Å².